The van der Waals surface area contributed by atoms with Crippen LogP contribution in [0.4, 0.5) is 0 Å². The number of nitrogens with zero attached hydrogens (tertiary/aromatic N) is 1. The number of carboxylic acid groups (broad SMARTS) is 1. The molecule has 7 heteroatoms. The number of aliphatic hydroxyl groups excluding tert-OH is 1. The van der Waals surface area contributed by atoms with Gasteiger partial charge in [-0.3, -0.25) is 14.4 Å². The van der Waals surface area contributed by atoms with Crippen molar-refractivity contribution >= 4 is 17.8 Å². The van der Waals surface area contributed by atoms with E-state index < -0.39 is 24.3 Å². The fourth-order valence-electron chi connectivity index (χ4n) is 2.47. The Morgan fingerprint density at radius 3 is 2.42 bits per heavy atom. The van der Waals surface area contributed by atoms with E-state index in [9.17, 15) is 19.5 Å². The SMILES string of the molecule is CCc1ccc(CN2CCC(O)=C(C(=O)NCC(=O)O)C2=O)cc1. The molecule has 24 heavy (non-hydrogen) atoms. The second-order valence-electron chi connectivity index (χ2n) is 5.54. The number of rotatable bonds is 6. The first-order valence-electron chi connectivity index (χ1n) is 7.71. The summed E-state index contributed by atoms with van der Waals surface area (Å²) in [6.45, 7) is 2.07. The van der Waals surface area contributed by atoms with Crippen molar-refractivity contribution in [2.75, 3.05) is 13.1 Å². The molecule has 0 atom stereocenters. The lowest BCUT2D eigenvalue weighted by molar-refractivity contribution is -0.138. The number of aliphatic hydroxyl groups is 1. The molecule has 0 spiro atoms. The predicted molar refractivity (Wildman–Crippen MR) is 86.2 cm³/mol. The van der Waals surface area contributed by atoms with Gasteiger partial charge in [0, 0.05) is 19.5 Å². The average Bonchev–Trinajstić information content (AvgIpc) is 2.56. The quantitative estimate of drug-likeness (QED) is 0.674. The zero-order chi connectivity index (χ0) is 17.7. The highest BCUT2D eigenvalue weighted by Gasteiger charge is 2.32. The van der Waals surface area contributed by atoms with Crippen LogP contribution >= 0.6 is 0 Å². The van der Waals surface area contributed by atoms with Crippen molar-refractivity contribution in [3.8, 4) is 0 Å². The van der Waals surface area contributed by atoms with Crippen molar-refractivity contribution in [3.63, 3.8) is 0 Å². The van der Waals surface area contributed by atoms with Crippen molar-refractivity contribution in [1.29, 1.82) is 0 Å². The molecule has 0 radical (unpaired) electrons. The first kappa shape index (κ1) is 17.5. The molecule has 0 unspecified atom stereocenters. The molecule has 0 aromatic heterocycles. The van der Waals surface area contributed by atoms with Gasteiger partial charge in [0.25, 0.3) is 11.8 Å². The Labute approximate surface area is 139 Å². The number of carboxylic acids is 1. The Bertz CT molecular complexity index is 679. The molecule has 1 heterocycles. The molecule has 0 bridgehead atoms. The van der Waals surface area contributed by atoms with Crippen LogP contribution in [0.15, 0.2) is 35.6 Å². The van der Waals surface area contributed by atoms with Gasteiger partial charge in [-0.2, -0.15) is 0 Å². The minimum atomic E-state index is -1.22. The van der Waals surface area contributed by atoms with Gasteiger partial charge in [0.1, 0.15) is 17.9 Å². The summed E-state index contributed by atoms with van der Waals surface area (Å²) in [5.41, 5.74) is 1.73. The summed E-state index contributed by atoms with van der Waals surface area (Å²) in [7, 11) is 0. The van der Waals surface area contributed by atoms with E-state index >= 15 is 0 Å². The van der Waals surface area contributed by atoms with Gasteiger partial charge in [-0.25, -0.2) is 0 Å². The smallest absolute Gasteiger partial charge is 0.322 e. The maximum Gasteiger partial charge on any atom is 0.322 e. The van der Waals surface area contributed by atoms with Gasteiger partial charge in [0.2, 0.25) is 0 Å². The van der Waals surface area contributed by atoms with Crippen molar-refractivity contribution in [2.24, 2.45) is 0 Å². The molecule has 1 aromatic carbocycles. The van der Waals surface area contributed by atoms with Gasteiger partial charge in [0.05, 0.1) is 0 Å². The highest BCUT2D eigenvalue weighted by molar-refractivity contribution is 6.19. The lowest BCUT2D eigenvalue weighted by Gasteiger charge is -2.28. The highest BCUT2D eigenvalue weighted by atomic mass is 16.4. The van der Waals surface area contributed by atoms with Crippen LogP contribution < -0.4 is 5.32 Å². The van der Waals surface area contributed by atoms with E-state index in [1.165, 1.54) is 10.5 Å². The van der Waals surface area contributed by atoms with Crippen molar-refractivity contribution < 1.29 is 24.6 Å². The predicted octanol–water partition coefficient (Wildman–Crippen LogP) is 0.994. The number of carbonyl (C=O) groups is 3. The number of hydrogen-bond donors (Lipinski definition) is 3. The number of carbonyl (C=O) groups excluding carboxylic acids is 2. The molecule has 0 fully saturated rings. The summed E-state index contributed by atoms with van der Waals surface area (Å²) in [6, 6.07) is 7.82. The molecule has 2 amide bonds. The number of aliphatic carboxylic acids is 1. The average molecular weight is 332 g/mol. The summed E-state index contributed by atoms with van der Waals surface area (Å²) in [5, 5.41) is 20.6. The van der Waals surface area contributed by atoms with Crippen LogP contribution in [0, 0.1) is 0 Å². The van der Waals surface area contributed by atoms with E-state index in [0.29, 0.717) is 13.1 Å². The molecule has 0 saturated heterocycles. The lowest BCUT2D eigenvalue weighted by atomic mass is 10.0. The Balaban J connectivity index is 2.09. The third-order valence-corrected chi connectivity index (χ3v) is 3.84. The summed E-state index contributed by atoms with van der Waals surface area (Å²) < 4.78 is 0. The Hall–Kier alpha value is -2.83. The topological polar surface area (TPSA) is 107 Å². The molecular formula is C17H20N2O5. The molecule has 128 valence electrons. The van der Waals surface area contributed by atoms with E-state index in [4.69, 9.17) is 5.11 Å². The maximum atomic E-state index is 12.4. The van der Waals surface area contributed by atoms with Crippen LogP contribution in [0.5, 0.6) is 0 Å². The molecule has 1 aliphatic rings. The zero-order valence-corrected chi connectivity index (χ0v) is 13.4. The molecule has 1 aromatic rings. The summed E-state index contributed by atoms with van der Waals surface area (Å²) in [4.78, 5) is 36.4. The van der Waals surface area contributed by atoms with Crippen molar-refractivity contribution in [2.45, 2.75) is 26.3 Å². The monoisotopic (exact) mass is 332 g/mol. The highest BCUT2D eigenvalue weighted by Crippen LogP contribution is 2.20. The zero-order valence-electron chi connectivity index (χ0n) is 13.4. The second kappa shape index (κ2) is 7.63. The van der Waals surface area contributed by atoms with Gasteiger partial charge in [-0.15, -0.1) is 0 Å². The van der Waals surface area contributed by atoms with Crippen molar-refractivity contribution in [1.82, 2.24) is 10.2 Å². The number of nitrogens with one attached hydrogen (secondary N) is 1. The van der Waals surface area contributed by atoms with Crippen LogP contribution in [0.2, 0.25) is 0 Å². The largest absolute Gasteiger partial charge is 0.511 e. The third kappa shape index (κ3) is 4.13. The van der Waals surface area contributed by atoms with Gasteiger partial charge < -0.3 is 20.4 Å². The Morgan fingerprint density at radius 1 is 1.21 bits per heavy atom. The van der Waals surface area contributed by atoms with Gasteiger partial charge in [-0.1, -0.05) is 31.2 Å². The van der Waals surface area contributed by atoms with Gasteiger partial charge in [0.15, 0.2) is 0 Å². The molecule has 3 N–H and O–H groups in total. The van der Waals surface area contributed by atoms with Crippen LogP contribution in [-0.4, -0.2) is 46.0 Å². The summed E-state index contributed by atoms with van der Waals surface area (Å²) in [5.74, 6) is -2.99. The van der Waals surface area contributed by atoms with Crippen LogP contribution in [0.1, 0.15) is 24.5 Å². The number of benzene rings is 1. The molecule has 7 nitrogen and oxygen atoms in total. The number of amides is 2. The van der Waals surface area contributed by atoms with E-state index in [0.717, 1.165) is 12.0 Å². The van der Waals surface area contributed by atoms with Gasteiger partial charge in [-0.05, 0) is 17.5 Å². The molecule has 1 aliphatic heterocycles. The van der Waals surface area contributed by atoms with Crippen LogP contribution in [-0.2, 0) is 27.3 Å². The van der Waals surface area contributed by atoms with Crippen molar-refractivity contribution in [3.05, 3.63) is 46.7 Å². The first-order valence-corrected chi connectivity index (χ1v) is 7.71. The van der Waals surface area contributed by atoms with E-state index in [2.05, 4.69) is 12.2 Å². The number of aryl methyl sites for hydroxylation is 1. The fraction of sp³-hybridized carbons (Fsp3) is 0.353. The number of hydrogen-bond acceptors (Lipinski definition) is 4. The third-order valence-electron chi connectivity index (χ3n) is 3.84. The molecule has 0 saturated carbocycles. The molecular weight excluding hydrogens is 312 g/mol. The van der Waals surface area contributed by atoms with E-state index in [1.807, 2.05) is 24.3 Å². The Morgan fingerprint density at radius 2 is 1.83 bits per heavy atom. The van der Waals surface area contributed by atoms with Crippen LogP contribution in [0.25, 0.3) is 0 Å². The van der Waals surface area contributed by atoms with E-state index in [1.54, 1.807) is 0 Å². The summed E-state index contributed by atoms with van der Waals surface area (Å²) in [6.07, 6.45) is 1.09. The van der Waals surface area contributed by atoms with E-state index in [-0.39, 0.29) is 17.8 Å². The molecule has 2 rings (SSSR count). The molecule has 0 aliphatic carbocycles. The fourth-order valence-corrected chi connectivity index (χ4v) is 2.47. The maximum absolute atomic E-state index is 12.4. The second-order valence-corrected chi connectivity index (χ2v) is 5.54. The normalized spacial score (nSPS) is 14.7. The minimum Gasteiger partial charge on any atom is -0.511 e. The van der Waals surface area contributed by atoms with Gasteiger partial charge >= 0.3 is 5.97 Å². The Kier molecular flexibility index (Phi) is 5.57. The van der Waals surface area contributed by atoms with Crippen LogP contribution in [0.3, 0.4) is 0 Å². The lowest BCUT2D eigenvalue weighted by Crippen LogP contribution is -2.43. The minimum absolute atomic E-state index is 0.161. The first-order chi connectivity index (χ1) is 11.4. The standard InChI is InChI=1S/C17H20N2O5/c1-2-11-3-5-12(6-4-11)10-19-8-7-13(20)15(17(19)24)16(23)18-9-14(21)22/h3-6,20H,2,7-10H2,1H3,(H,18,23)(H,21,22). The summed E-state index contributed by atoms with van der Waals surface area (Å²) >= 11 is 0.